The Kier molecular flexibility index (Phi) is 4.99. The number of pyridine rings is 2. The normalized spacial score (nSPS) is 11.9. The molecule has 26 heavy (non-hydrogen) atoms. The van der Waals surface area contributed by atoms with E-state index < -0.39 is 12.6 Å². The van der Waals surface area contributed by atoms with Gasteiger partial charge in [-0.25, -0.2) is 14.6 Å². The fourth-order valence-corrected chi connectivity index (χ4v) is 2.78. The van der Waals surface area contributed by atoms with Crippen molar-refractivity contribution in [3.63, 3.8) is 0 Å². The molecule has 138 valence electrons. The molecular formula is C15H14BrF3N6O. The fraction of sp³-hybridized carbons (Fsp3) is 0.333. The average Bonchev–Trinajstić information content (AvgIpc) is 3.01. The maximum Gasteiger partial charge on any atom is 0.390 e. The van der Waals surface area contributed by atoms with Crippen LogP contribution in [0.1, 0.15) is 23.4 Å². The molecule has 3 rings (SSSR count). The summed E-state index contributed by atoms with van der Waals surface area (Å²) in [4.78, 5) is 8.65. The van der Waals surface area contributed by atoms with Gasteiger partial charge in [-0.15, -0.1) is 0 Å². The number of fused-ring (bicyclic) bond motifs is 1. The van der Waals surface area contributed by atoms with Gasteiger partial charge in [0.2, 0.25) is 5.65 Å². The predicted molar refractivity (Wildman–Crippen MR) is 92.7 cm³/mol. The van der Waals surface area contributed by atoms with Crippen molar-refractivity contribution < 1.29 is 17.8 Å². The molecule has 0 aliphatic heterocycles. The number of nitrogens with one attached hydrogen (secondary N) is 1. The van der Waals surface area contributed by atoms with Crippen molar-refractivity contribution in [1.82, 2.24) is 20.3 Å². The molecule has 3 aromatic rings. The number of aryl methyl sites for hydroxylation is 1. The fourth-order valence-electron chi connectivity index (χ4n) is 2.42. The second-order valence-electron chi connectivity index (χ2n) is 5.63. The molecule has 0 aromatic carbocycles. The van der Waals surface area contributed by atoms with E-state index in [9.17, 15) is 13.2 Å². The summed E-state index contributed by atoms with van der Waals surface area (Å²) in [6.07, 6.45) is -4.83. The van der Waals surface area contributed by atoms with E-state index in [-0.39, 0.29) is 6.54 Å². The van der Waals surface area contributed by atoms with Crippen molar-refractivity contribution in [1.29, 1.82) is 0 Å². The summed E-state index contributed by atoms with van der Waals surface area (Å²) in [6, 6.07) is 3.47. The molecular weight excluding hydrogens is 417 g/mol. The molecule has 3 heterocycles. The number of nitrogens with zero attached hydrogens (tertiary/aromatic N) is 4. The Morgan fingerprint density at radius 2 is 2.00 bits per heavy atom. The molecule has 0 spiro atoms. The minimum Gasteiger partial charge on any atom is -0.396 e. The zero-order chi connectivity index (χ0) is 18.9. The molecule has 7 nitrogen and oxygen atoms in total. The highest BCUT2D eigenvalue weighted by molar-refractivity contribution is 9.10. The van der Waals surface area contributed by atoms with Crippen LogP contribution < -0.4 is 11.1 Å². The van der Waals surface area contributed by atoms with Crippen LogP contribution in [0, 0.1) is 6.92 Å². The number of nitrogens with two attached hydrogens (primary N) is 1. The number of hydrogen-bond donors (Lipinski definition) is 2. The van der Waals surface area contributed by atoms with Gasteiger partial charge in [0.1, 0.15) is 5.82 Å². The minimum absolute atomic E-state index is 0.266. The maximum absolute atomic E-state index is 12.3. The van der Waals surface area contributed by atoms with E-state index in [4.69, 9.17) is 5.73 Å². The number of nitrogen functional groups attached to an aromatic ring is 1. The van der Waals surface area contributed by atoms with Crippen LogP contribution in [0.2, 0.25) is 0 Å². The van der Waals surface area contributed by atoms with Crippen LogP contribution in [0.3, 0.4) is 0 Å². The van der Waals surface area contributed by atoms with E-state index in [1.807, 2.05) is 0 Å². The highest BCUT2D eigenvalue weighted by Crippen LogP contribution is 2.27. The lowest BCUT2D eigenvalue weighted by Gasteiger charge is -2.12. The van der Waals surface area contributed by atoms with Gasteiger partial charge in [0.05, 0.1) is 16.6 Å². The number of anilines is 2. The van der Waals surface area contributed by atoms with Gasteiger partial charge in [-0.05, 0) is 45.3 Å². The highest BCUT2D eigenvalue weighted by atomic mass is 79.9. The van der Waals surface area contributed by atoms with Crippen LogP contribution in [0.25, 0.3) is 11.2 Å². The molecule has 11 heteroatoms. The second kappa shape index (κ2) is 7.06. The van der Waals surface area contributed by atoms with Gasteiger partial charge < -0.3 is 11.1 Å². The first-order valence-electron chi connectivity index (χ1n) is 7.58. The quantitative estimate of drug-likeness (QED) is 0.636. The molecule has 0 bridgehead atoms. The number of rotatable bonds is 5. The maximum atomic E-state index is 12.3. The van der Waals surface area contributed by atoms with Crippen LogP contribution in [0.5, 0.6) is 0 Å². The monoisotopic (exact) mass is 430 g/mol. The highest BCUT2D eigenvalue weighted by Gasteiger charge is 2.26. The van der Waals surface area contributed by atoms with E-state index in [0.717, 1.165) is 0 Å². The largest absolute Gasteiger partial charge is 0.396 e. The van der Waals surface area contributed by atoms with E-state index in [2.05, 4.69) is 46.2 Å². The predicted octanol–water partition coefficient (Wildman–Crippen LogP) is 3.62. The zero-order valence-electron chi connectivity index (χ0n) is 13.6. The smallest absolute Gasteiger partial charge is 0.390 e. The molecule has 3 N–H and O–H groups in total. The van der Waals surface area contributed by atoms with E-state index in [1.54, 1.807) is 19.1 Å². The summed E-state index contributed by atoms with van der Waals surface area (Å²) in [5, 5.41) is 10.1. The Bertz CT molecular complexity index is 943. The van der Waals surface area contributed by atoms with Gasteiger partial charge in [0, 0.05) is 29.9 Å². The molecule has 0 saturated heterocycles. The SMILES string of the molecule is Cc1nc2nonc2c(N)c1Cc1ccc(Br)c(NCCC(F)(F)F)n1. The molecule has 0 unspecified atom stereocenters. The summed E-state index contributed by atoms with van der Waals surface area (Å²) in [6.45, 7) is 1.51. The molecule has 0 aliphatic carbocycles. The summed E-state index contributed by atoms with van der Waals surface area (Å²) >= 11 is 3.28. The van der Waals surface area contributed by atoms with Crippen LogP contribution in [-0.2, 0) is 6.42 Å². The lowest BCUT2D eigenvalue weighted by molar-refractivity contribution is -0.131. The third kappa shape index (κ3) is 4.03. The van der Waals surface area contributed by atoms with Crippen molar-refractivity contribution in [2.24, 2.45) is 0 Å². The molecule has 0 atom stereocenters. The van der Waals surface area contributed by atoms with Crippen molar-refractivity contribution in [2.45, 2.75) is 25.9 Å². The van der Waals surface area contributed by atoms with Gasteiger partial charge >= 0.3 is 6.18 Å². The molecule has 0 radical (unpaired) electrons. The first-order chi connectivity index (χ1) is 12.2. The third-order valence-corrected chi connectivity index (χ3v) is 4.36. The number of hydrogen-bond acceptors (Lipinski definition) is 7. The Labute approximate surface area is 154 Å². The molecule has 0 fully saturated rings. The zero-order valence-corrected chi connectivity index (χ0v) is 15.1. The average molecular weight is 431 g/mol. The first kappa shape index (κ1) is 18.4. The van der Waals surface area contributed by atoms with E-state index in [0.29, 0.717) is 50.5 Å². The number of aromatic nitrogens is 4. The van der Waals surface area contributed by atoms with Crippen molar-refractivity contribution >= 4 is 38.6 Å². The van der Waals surface area contributed by atoms with Gasteiger partial charge in [-0.1, -0.05) is 0 Å². The lowest BCUT2D eigenvalue weighted by atomic mass is 10.1. The minimum atomic E-state index is -4.23. The Balaban J connectivity index is 1.83. The van der Waals surface area contributed by atoms with E-state index in [1.165, 1.54) is 0 Å². The molecule has 0 aliphatic rings. The van der Waals surface area contributed by atoms with Crippen molar-refractivity contribution in [3.8, 4) is 0 Å². The Morgan fingerprint density at radius 3 is 2.73 bits per heavy atom. The van der Waals surface area contributed by atoms with Gasteiger partial charge in [0.15, 0.2) is 5.52 Å². The summed E-state index contributed by atoms with van der Waals surface area (Å²) in [7, 11) is 0. The van der Waals surface area contributed by atoms with E-state index >= 15 is 0 Å². The summed E-state index contributed by atoms with van der Waals surface area (Å²) in [5.41, 5.74) is 9.20. The first-order valence-corrected chi connectivity index (χ1v) is 8.37. The molecule has 3 aromatic heterocycles. The number of halogens is 4. The van der Waals surface area contributed by atoms with Crippen LogP contribution in [0.4, 0.5) is 24.7 Å². The third-order valence-electron chi connectivity index (χ3n) is 3.72. The van der Waals surface area contributed by atoms with Crippen molar-refractivity contribution in [3.05, 3.63) is 33.6 Å². The number of alkyl halides is 3. The van der Waals surface area contributed by atoms with Crippen molar-refractivity contribution in [2.75, 3.05) is 17.6 Å². The van der Waals surface area contributed by atoms with Crippen LogP contribution >= 0.6 is 15.9 Å². The molecule has 0 amide bonds. The lowest BCUT2D eigenvalue weighted by Crippen LogP contribution is -2.15. The molecule has 0 saturated carbocycles. The standard InChI is InChI=1S/C15H14BrF3N6O/c1-7-9(11(20)12-14(22-7)25-26-24-12)6-8-2-3-10(16)13(23-8)21-5-4-15(17,18)19/h2-3H,4-6,20H2,1H3,(H,21,23). The van der Waals surface area contributed by atoms with Gasteiger partial charge in [-0.3, -0.25) is 0 Å². The Hall–Kier alpha value is -2.43. The summed E-state index contributed by atoms with van der Waals surface area (Å²) < 4.78 is 42.1. The van der Waals surface area contributed by atoms with Crippen LogP contribution in [-0.4, -0.2) is 33.0 Å². The van der Waals surface area contributed by atoms with Gasteiger partial charge in [-0.2, -0.15) is 13.2 Å². The Morgan fingerprint density at radius 1 is 1.23 bits per heavy atom. The summed E-state index contributed by atoms with van der Waals surface area (Å²) in [5.74, 6) is 0.333. The van der Waals surface area contributed by atoms with Gasteiger partial charge in [0.25, 0.3) is 0 Å². The van der Waals surface area contributed by atoms with Crippen LogP contribution in [0.15, 0.2) is 21.2 Å². The topological polar surface area (TPSA) is 103 Å². The second-order valence-corrected chi connectivity index (χ2v) is 6.48.